The van der Waals surface area contributed by atoms with Crippen LogP contribution in [-0.2, 0) is 4.74 Å². The minimum atomic E-state index is 0.0303. The van der Waals surface area contributed by atoms with Crippen LogP contribution >= 0.6 is 11.3 Å². The molecule has 1 fully saturated rings. The second-order valence-corrected chi connectivity index (χ2v) is 8.24. The largest absolute Gasteiger partial charge is 0.489 e. The molecular weight excluding hydrogens is 384 g/mol. The molecule has 0 spiro atoms. The number of aliphatic imine (C=N–C) groups is 1. The lowest BCUT2D eigenvalue weighted by molar-refractivity contribution is 0.0177. The number of nitrogens with zero attached hydrogens (tertiary/aromatic N) is 2. The first-order valence-electron chi connectivity index (χ1n) is 10.2. The van der Waals surface area contributed by atoms with Crippen LogP contribution in [0, 0.1) is 6.92 Å². The van der Waals surface area contributed by atoms with Crippen molar-refractivity contribution in [3.8, 4) is 5.75 Å². The van der Waals surface area contributed by atoms with Crippen LogP contribution in [0.5, 0.6) is 5.75 Å². The van der Waals surface area contributed by atoms with Crippen molar-refractivity contribution >= 4 is 17.3 Å². The first-order chi connectivity index (χ1) is 14.2. The van der Waals surface area contributed by atoms with E-state index in [9.17, 15) is 0 Å². The molecule has 2 atom stereocenters. The van der Waals surface area contributed by atoms with E-state index in [0.717, 1.165) is 44.6 Å². The summed E-state index contributed by atoms with van der Waals surface area (Å²) in [4.78, 5) is 8.23. The van der Waals surface area contributed by atoms with Gasteiger partial charge in [-0.15, -0.1) is 11.3 Å². The van der Waals surface area contributed by atoms with Crippen molar-refractivity contribution in [2.75, 3.05) is 46.4 Å². The Balaban J connectivity index is 1.50. The third-order valence-electron chi connectivity index (χ3n) is 4.93. The highest BCUT2D eigenvalue weighted by atomic mass is 32.1. The number of nitrogens with one attached hydrogen (secondary N) is 2. The van der Waals surface area contributed by atoms with Crippen LogP contribution in [-0.4, -0.2) is 63.4 Å². The van der Waals surface area contributed by atoms with Gasteiger partial charge >= 0.3 is 0 Å². The Kier molecular flexibility index (Phi) is 8.34. The highest BCUT2D eigenvalue weighted by Crippen LogP contribution is 2.25. The molecule has 29 heavy (non-hydrogen) atoms. The number of hydrogen-bond acceptors (Lipinski definition) is 5. The summed E-state index contributed by atoms with van der Waals surface area (Å²) in [5.41, 5.74) is 1.20. The van der Waals surface area contributed by atoms with E-state index in [1.165, 1.54) is 10.4 Å². The van der Waals surface area contributed by atoms with Crippen molar-refractivity contribution in [2.24, 2.45) is 4.99 Å². The fraction of sp³-hybridized carbons (Fsp3) is 0.500. The Morgan fingerprint density at radius 2 is 2.00 bits per heavy atom. The van der Waals surface area contributed by atoms with Crippen LogP contribution in [0.2, 0.25) is 0 Å². The topological polar surface area (TPSA) is 58.1 Å². The van der Waals surface area contributed by atoms with Gasteiger partial charge in [-0.25, -0.2) is 0 Å². The van der Waals surface area contributed by atoms with Crippen molar-refractivity contribution < 1.29 is 9.47 Å². The lowest BCUT2D eigenvalue weighted by Crippen LogP contribution is -2.47. The van der Waals surface area contributed by atoms with Crippen LogP contribution in [0.3, 0.4) is 0 Å². The van der Waals surface area contributed by atoms with Crippen molar-refractivity contribution in [3.63, 3.8) is 0 Å². The maximum atomic E-state index is 6.00. The monoisotopic (exact) mass is 416 g/mol. The summed E-state index contributed by atoms with van der Waals surface area (Å²) in [6.45, 7) is 9.10. The average Bonchev–Trinajstić information content (AvgIpc) is 3.26. The van der Waals surface area contributed by atoms with Crippen LogP contribution in [0.15, 0.2) is 46.8 Å². The van der Waals surface area contributed by atoms with Crippen molar-refractivity contribution in [2.45, 2.75) is 26.0 Å². The fourth-order valence-corrected chi connectivity index (χ4v) is 4.26. The van der Waals surface area contributed by atoms with Gasteiger partial charge in [-0.3, -0.25) is 9.89 Å². The molecule has 1 saturated heterocycles. The van der Waals surface area contributed by atoms with Crippen LogP contribution in [0.4, 0.5) is 0 Å². The van der Waals surface area contributed by atoms with Gasteiger partial charge < -0.3 is 20.1 Å². The molecule has 0 aliphatic carbocycles. The van der Waals surface area contributed by atoms with Crippen LogP contribution in [0.1, 0.15) is 23.4 Å². The molecule has 1 aromatic carbocycles. The third kappa shape index (κ3) is 6.73. The summed E-state index contributed by atoms with van der Waals surface area (Å²) in [5.74, 6) is 1.69. The van der Waals surface area contributed by atoms with E-state index in [-0.39, 0.29) is 6.10 Å². The molecule has 1 aliphatic heterocycles. The van der Waals surface area contributed by atoms with Crippen LogP contribution < -0.4 is 15.4 Å². The van der Waals surface area contributed by atoms with Crippen LogP contribution in [0.25, 0.3) is 0 Å². The van der Waals surface area contributed by atoms with E-state index in [2.05, 4.69) is 64.0 Å². The number of morpholine rings is 1. The molecule has 2 N–H and O–H groups in total. The second kappa shape index (κ2) is 11.2. The molecule has 0 saturated carbocycles. The Morgan fingerprint density at radius 3 is 2.69 bits per heavy atom. The summed E-state index contributed by atoms with van der Waals surface area (Å²) in [6, 6.07) is 12.8. The molecule has 0 bridgehead atoms. The van der Waals surface area contributed by atoms with Gasteiger partial charge in [0.15, 0.2) is 5.96 Å². The predicted molar refractivity (Wildman–Crippen MR) is 120 cm³/mol. The summed E-state index contributed by atoms with van der Waals surface area (Å²) in [5, 5.41) is 9.01. The molecular formula is C22H32N4O2S. The average molecular weight is 417 g/mol. The highest BCUT2D eigenvalue weighted by molar-refractivity contribution is 7.10. The first kappa shape index (κ1) is 21.6. The van der Waals surface area contributed by atoms with Gasteiger partial charge in [-0.1, -0.05) is 18.2 Å². The number of benzene rings is 1. The number of rotatable bonds is 8. The van der Waals surface area contributed by atoms with Gasteiger partial charge in [-0.05, 0) is 43.0 Å². The van der Waals surface area contributed by atoms with Crippen molar-refractivity contribution in [3.05, 3.63) is 52.2 Å². The zero-order chi connectivity index (χ0) is 20.5. The molecule has 6 nitrogen and oxygen atoms in total. The van der Waals surface area contributed by atoms with Gasteiger partial charge in [0.05, 0.1) is 25.8 Å². The lowest BCUT2D eigenvalue weighted by Gasteiger charge is -2.34. The molecule has 2 aromatic rings. The zero-order valence-electron chi connectivity index (χ0n) is 17.6. The van der Waals surface area contributed by atoms with Gasteiger partial charge in [0.2, 0.25) is 0 Å². The number of thiophene rings is 1. The maximum absolute atomic E-state index is 6.00. The van der Waals surface area contributed by atoms with E-state index >= 15 is 0 Å². The normalized spacial score (nSPS) is 17.6. The molecule has 2 unspecified atom stereocenters. The quantitative estimate of drug-likeness (QED) is 0.512. The molecule has 1 aliphatic rings. The highest BCUT2D eigenvalue weighted by Gasteiger charge is 2.23. The van der Waals surface area contributed by atoms with E-state index in [1.807, 2.05) is 12.1 Å². The fourth-order valence-electron chi connectivity index (χ4n) is 3.40. The third-order valence-corrected chi connectivity index (χ3v) is 5.90. The maximum Gasteiger partial charge on any atom is 0.191 e. The van der Waals surface area contributed by atoms with Gasteiger partial charge in [-0.2, -0.15) is 0 Å². The standard InChI is InChI=1S/C22H32N4O2S/c1-17-6-4-7-19(14-17)28-18(2)15-24-22(23-3)25-16-20(21-8-5-13-29-21)26-9-11-27-12-10-26/h4-8,13-14,18,20H,9-12,15-16H2,1-3H3,(H2,23,24,25). The lowest BCUT2D eigenvalue weighted by atomic mass is 10.2. The minimum absolute atomic E-state index is 0.0303. The molecule has 0 amide bonds. The van der Waals surface area contributed by atoms with E-state index in [4.69, 9.17) is 9.47 Å². The van der Waals surface area contributed by atoms with E-state index < -0.39 is 0 Å². The summed E-state index contributed by atoms with van der Waals surface area (Å²) in [6.07, 6.45) is 0.0303. The Hall–Kier alpha value is -2.09. The summed E-state index contributed by atoms with van der Waals surface area (Å²) >= 11 is 1.80. The van der Waals surface area contributed by atoms with Crippen molar-refractivity contribution in [1.82, 2.24) is 15.5 Å². The Morgan fingerprint density at radius 1 is 1.21 bits per heavy atom. The van der Waals surface area contributed by atoms with Gasteiger partial charge in [0.25, 0.3) is 0 Å². The predicted octanol–water partition coefficient (Wildman–Crippen LogP) is 3.06. The Bertz CT molecular complexity index is 760. The molecule has 158 valence electrons. The van der Waals surface area contributed by atoms with E-state index in [0.29, 0.717) is 12.6 Å². The molecule has 3 rings (SSSR count). The number of hydrogen-bond donors (Lipinski definition) is 2. The molecule has 7 heteroatoms. The zero-order valence-corrected chi connectivity index (χ0v) is 18.4. The SMILES string of the molecule is CN=C(NCC(C)Oc1cccc(C)c1)NCC(c1cccs1)N1CCOCC1. The first-order valence-corrected chi connectivity index (χ1v) is 11.1. The Labute approximate surface area is 177 Å². The molecule has 2 heterocycles. The van der Waals surface area contributed by atoms with E-state index in [1.54, 1.807) is 18.4 Å². The molecule has 0 radical (unpaired) electrons. The second-order valence-electron chi connectivity index (χ2n) is 7.26. The number of ether oxygens (including phenoxy) is 2. The van der Waals surface area contributed by atoms with Crippen molar-refractivity contribution in [1.29, 1.82) is 0 Å². The molecule has 1 aromatic heterocycles. The minimum Gasteiger partial charge on any atom is -0.489 e. The number of aryl methyl sites for hydroxylation is 1. The van der Waals surface area contributed by atoms with Gasteiger partial charge in [0.1, 0.15) is 11.9 Å². The summed E-state index contributed by atoms with van der Waals surface area (Å²) in [7, 11) is 1.80. The number of guanidine groups is 1. The smallest absolute Gasteiger partial charge is 0.191 e. The van der Waals surface area contributed by atoms with Gasteiger partial charge in [0, 0.05) is 31.6 Å². The summed E-state index contributed by atoms with van der Waals surface area (Å²) < 4.78 is 11.5.